The zero-order valence-electron chi connectivity index (χ0n) is 10.0. The molecule has 1 aromatic heterocycles. The molecule has 1 atom stereocenters. The summed E-state index contributed by atoms with van der Waals surface area (Å²) in [5.74, 6) is 0.572. The molecule has 0 aliphatic heterocycles. The Labute approximate surface area is 111 Å². The largest absolute Gasteiger partial charge is 0.389 e. The van der Waals surface area contributed by atoms with Crippen molar-refractivity contribution >= 4 is 16.3 Å². The van der Waals surface area contributed by atoms with Crippen LogP contribution in [0, 0.1) is 11.3 Å². The summed E-state index contributed by atoms with van der Waals surface area (Å²) in [6.45, 7) is 0. The Balaban J connectivity index is 1.93. The minimum atomic E-state index is 0.572. The van der Waals surface area contributed by atoms with Gasteiger partial charge in [-0.15, -0.1) is 11.3 Å². The molecule has 0 bridgehead atoms. The number of benzene rings is 1. The van der Waals surface area contributed by atoms with Gasteiger partial charge in [0, 0.05) is 4.88 Å². The van der Waals surface area contributed by atoms with Crippen molar-refractivity contribution in [1.29, 1.82) is 5.26 Å². The maximum absolute atomic E-state index is 9.12. The van der Waals surface area contributed by atoms with Crippen LogP contribution in [0.15, 0.2) is 30.3 Å². The molecule has 0 amide bonds. The molecule has 0 radical (unpaired) electrons. The normalized spacial score (nSPS) is 18.1. The van der Waals surface area contributed by atoms with E-state index in [-0.39, 0.29) is 0 Å². The fraction of sp³-hybridized carbons (Fsp3) is 0.267. The van der Waals surface area contributed by atoms with Gasteiger partial charge in [-0.2, -0.15) is 5.26 Å². The summed E-state index contributed by atoms with van der Waals surface area (Å²) in [7, 11) is 0. The van der Waals surface area contributed by atoms with Gasteiger partial charge in [-0.3, -0.25) is 0 Å². The highest BCUT2D eigenvalue weighted by Crippen LogP contribution is 2.40. The van der Waals surface area contributed by atoms with Crippen molar-refractivity contribution in [2.75, 3.05) is 5.73 Å². The van der Waals surface area contributed by atoms with Crippen LogP contribution in [0.5, 0.6) is 0 Å². The first-order valence-corrected chi connectivity index (χ1v) is 6.96. The van der Waals surface area contributed by atoms with Crippen molar-refractivity contribution in [3.05, 3.63) is 51.9 Å². The molecule has 18 heavy (non-hydrogen) atoms. The van der Waals surface area contributed by atoms with E-state index in [2.05, 4.69) is 36.4 Å². The molecule has 1 aliphatic rings. The Hall–Kier alpha value is -1.79. The molecule has 3 rings (SSSR count). The zero-order chi connectivity index (χ0) is 12.5. The Kier molecular flexibility index (Phi) is 2.81. The maximum atomic E-state index is 9.12. The molecule has 90 valence electrons. The molecule has 2 N–H and O–H groups in total. The van der Waals surface area contributed by atoms with Crippen molar-refractivity contribution in [2.45, 2.75) is 25.2 Å². The van der Waals surface area contributed by atoms with Gasteiger partial charge < -0.3 is 5.73 Å². The predicted octanol–water partition coefficient (Wildman–Crippen LogP) is 3.47. The topological polar surface area (TPSA) is 49.8 Å². The number of nitriles is 1. The summed E-state index contributed by atoms with van der Waals surface area (Å²) < 4.78 is 0. The second kappa shape index (κ2) is 4.47. The average Bonchev–Trinajstić information content (AvgIpc) is 2.74. The lowest BCUT2D eigenvalue weighted by Crippen LogP contribution is -2.11. The lowest BCUT2D eigenvalue weighted by molar-refractivity contribution is 0.592. The van der Waals surface area contributed by atoms with Crippen LogP contribution in [0.4, 0.5) is 5.00 Å². The fourth-order valence-corrected chi connectivity index (χ4v) is 3.89. The summed E-state index contributed by atoms with van der Waals surface area (Å²) in [5.41, 5.74) is 9.23. The first-order chi connectivity index (χ1) is 8.79. The van der Waals surface area contributed by atoms with E-state index >= 15 is 0 Å². The Morgan fingerprint density at radius 1 is 1.28 bits per heavy atom. The summed E-state index contributed by atoms with van der Waals surface area (Å²) in [6.07, 6.45) is 3.11. The van der Waals surface area contributed by atoms with Crippen LogP contribution in [0.1, 0.15) is 33.9 Å². The third kappa shape index (κ3) is 1.79. The van der Waals surface area contributed by atoms with Gasteiger partial charge in [0.25, 0.3) is 0 Å². The number of rotatable bonds is 1. The number of hydrogen-bond acceptors (Lipinski definition) is 3. The average molecular weight is 254 g/mol. The molecule has 3 heteroatoms. The summed E-state index contributed by atoms with van der Waals surface area (Å²) in [6, 6.07) is 12.9. The van der Waals surface area contributed by atoms with Crippen LogP contribution in [0.3, 0.4) is 0 Å². The summed E-state index contributed by atoms with van der Waals surface area (Å²) in [4.78, 5) is 1.31. The highest BCUT2D eigenvalue weighted by atomic mass is 32.1. The fourth-order valence-electron chi connectivity index (χ4n) is 2.74. The number of nitrogen functional groups attached to an aromatic ring is 1. The van der Waals surface area contributed by atoms with Crippen molar-refractivity contribution in [3.63, 3.8) is 0 Å². The van der Waals surface area contributed by atoms with E-state index in [1.807, 2.05) is 0 Å². The number of nitrogens with two attached hydrogens (primary N) is 1. The highest BCUT2D eigenvalue weighted by Gasteiger charge is 2.25. The molecule has 0 unspecified atom stereocenters. The van der Waals surface area contributed by atoms with Gasteiger partial charge in [0.05, 0.1) is 5.56 Å². The lowest BCUT2D eigenvalue weighted by atomic mass is 9.83. The number of anilines is 1. The van der Waals surface area contributed by atoms with Crippen molar-refractivity contribution in [1.82, 2.24) is 0 Å². The maximum Gasteiger partial charge on any atom is 0.104 e. The van der Waals surface area contributed by atoms with Gasteiger partial charge >= 0.3 is 0 Å². The van der Waals surface area contributed by atoms with Gasteiger partial charge in [-0.05, 0) is 36.3 Å². The Morgan fingerprint density at radius 3 is 2.78 bits per heavy atom. The molecule has 1 aromatic carbocycles. The highest BCUT2D eigenvalue weighted by molar-refractivity contribution is 7.16. The van der Waals surface area contributed by atoms with Crippen LogP contribution < -0.4 is 5.73 Å². The molecule has 0 fully saturated rings. The third-order valence-electron chi connectivity index (χ3n) is 3.68. The van der Waals surface area contributed by atoms with E-state index in [4.69, 9.17) is 11.0 Å². The van der Waals surface area contributed by atoms with E-state index in [1.165, 1.54) is 16.0 Å². The van der Waals surface area contributed by atoms with Gasteiger partial charge in [0.2, 0.25) is 0 Å². The van der Waals surface area contributed by atoms with Crippen LogP contribution in [0.2, 0.25) is 0 Å². The third-order valence-corrected chi connectivity index (χ3v) is 4.76. The Morgan fingerprint density at radius 2 is 2.06 bits per heavy atom. The molecular weight excluding hydrogens is 240 g/mol. The van der Waals surface area contributed by atoms with Crippen LogP contribution >= 0.6 is 11.3 Å². The molecule has 1 aliphatic carbocycles. The second-order valence-electron chi connectivity index (χ2n) is 4.71. The number of thiophene rings is 1. The first-order valence-electron chi connectivity index (χ1n) is 6.14. The smallest absolute Gasteiger partial charge is 0.104 e. The van der Waals surface area contributed by atoms with Gasteiger partial charge in [-0.1, -0.05) is 30.3 Å². The molecule has 0 saturated heterocycles. The van der Waals surface area contributed by atoms with Crippen molar-refractivity contribution in [3.8, 4) is 6.07 Å². The SMILES string of the molecule is N#Cc1c(N)sc2c1CC[C@@H](c1ccccc1)C2. The van der Waals surface area contributed by atoms with E-state index < -0.39 is 0 Å². The molecule has 2 aromatic rings. The van der Waals surface area contributed by atoms with Gasteiger partial charge in [-0.25, -0.2) is 0 Å². The van der Waals surface area contributed by atoms with E-state index in [0.29, 0.717) is 10.9 Å². The number of fused-ring (bicyclic) bond motifs is 1. The molecule has 1 heterocycles. The van der Waals surface area contributed by atoms with E-state index in [0.717, 1.165) is 24.8 Å². The summed E-state index contributed by atoms with van der Waals surface area (Å²) >= 11 is 1.60. The predicted molar refractivity (Wildman–Crippen MR) is 74.7 cm³/mol. The second-order valence-corrected chi connectivity index (χ2v) is 5.84. The van der Waals surface area contributed by atoms with E-state index in [9.17, 15) is 0 Å². The lowest BCUT2D eigenvalue weighted by Gasteiger charge is -2.22. The molecule has 2 nitrogen and oxygen atoms in total. The van der Waals surface area contributed by atoms with E-state index in [1.54, 1.807) is 11.3 Å². The zero-order valence-corrected chi connectivity index (χ0v) is 10.8. The van der Waals surface area contributed by atoms with Crippen LogP contribution in [0.25, 0.3) is 0 Å². The molecule has 0 spiro atoms. The Bertz CT molecular complexity index is 607. The van der Waals surface area contributed by atoms with Gasteiger partial charge in [0.15, 0.2) is 0 Å². The van der Waals surface area contributed by atoms with Gasteiger partial charge in [0.1, 0.15) is 11.1 Å². The first kappa shape index (κ1) is 11.3. The number of nitrogens with zero attached hydrogens (tertiary/aromatic N) is 1. The standard InChI is InChI=1S/C15H14N2S/c16-9-13-12-7-6-11(8-14(12)18-15(13)17)10-4-2-1-3-5-10/h1-5,11H,6-8,17H2/t11-/m1/s1. The summed E-state index contributed by atoms with van der Waals surface area (Å²) in [5, 5.41) is 9.81. The van der Waals surface area contributed by atoms with Crippen molar-refractivity contribution in [2.24, 2.45) is 0 Å². The minimum absolute atomic E-state index is 0.572. The monoisotopic (exact) mass is 254 g/mol. The molecular formula is C15H14N2S. The van der Waals surface area contributed by atoms with Crippen LogP contribution in [-0.4, -0.2) is 0 Å². The van der Waals surface area contributed by atoms with Crippen LogP contribution in [-0.2, 0) is 12.8 Å². The minimum Gasteiger partial charge on any atom is -0.389 e. The quantitative estimate of drug-likeness (QED) is 0.847. The molecule has 0 saturated carbocycles. The number of hydrogen-bond donors (Lipinski definition) is 1. The van der Waals surface area contributed by atoms with Crippen molar-refractivity contribution < 1.29 is 0 Å².